The molecule has 1 aliphatic heterocycles. The molecule has 14 heavy (non-hydrogen) atoms. The van der Waals surface area contributed by atoms with E-state index in [1.165, 1.54) is 51.4 Å². The van der Waals surface area contributed by atoms with E-state index in [9.17, 15) is 0 Å². The molecule has 0 bridgehead atoms. The molecule has 1 fully saturated rings. The smallest absolute Gasteiger partial charge is 0.113 e. The Hall–Kier alpha value is 0.310. The second kappa shape index (κ2) is 6.73. The Kier molecular flexibility index (Phi) is 5.95. The predicted octanol–water partition coefficient (Wildman–Crippen LogP) is 4.22. The lowest BCUT2D eigenvalue weighted by Gasteiger charge is -2.34. The number of ether oxygens (including phenoxy) is 1. The normalized spacial score (nSPS) is 29.6. The van der Waals surface area contributed by atoms with Gasteiger partial charge in [-0.05, 0) is 38.4 Å². The van der Waals surface area contributed by atoms with E-state index >= 15 is 0 Å². The Morgan fingerprint density at radius 2 is 2.00 bits per heavy atom. The van der Waals surface area contributed by atoms with Crippen molar-refractivity contribution in [1.82, 2.24) is 0 Å². The van der Waals surface area contributed by atoms with Crippen molar-refractivity contribution >= 4 is 11.8 Å². The number of thioether (sulfide) groups is 1. The highest BCUT2D eigenvalue weighted by atomic mass is 32.2. The first-order valence-corrected chi connectivity index (χ1v) is 7.24. The molecule has 0 saturated carbocycles. The summed E-state index contributed by atoms with van der Waals surface area (Å²) in [4.78, 5) is 0.163. The molecule has 0 spiro atoms. The quantitative estimate of drug-likeness (QED) is 0.696. The fraction of sp³-hybridized carbons (Fsp3) is 1.00. The molecule has 0 amide bonds. The van der Waals surface area contributed by atoms with Crippen molar-refractivity contribution in [2.75, 3.05) is 12.9 Å². The molecular weight excluding hydrogens is 192 g/mol. The van der Waals surface area contributed by atoms with Gasteiger partial charge in [0.05, 0.1) is 0 Å². The van der Waals surface area contributed by atoms with Gasteiger partial charge in [-0.3, -0.25) is 0 Å². The fourth-order valence-electron chi connectivity index (χ4n) is 2.09. The minimum absolute atomic E-state index is 0.163. The molecule has 0 N–H and O–H groups in total. The SMILES string of the molecule is CCCC[C@]1(SC)CCCCCCO1. The first-order valence-electron chi connectivity index (χ1n) is 6.02. The van der Waals surface area contributed by atoms with Gasteiger partial charge in [0.1, 0.15) is 4.93 Å². The van der Waals surface area contributed by atoms with E-state index in [0.29, 0.717) is 0 Å². The number of unbranched alkanes of at least 4 members (excludes halogenated alkanes) is 1. The van der Waals surface area contributed by atoms with E-state index in [0.717, 1.165) is 6.61 Å². The Balaban J connectivity index is 2.44. The highest BCUT2D eigenvalue weighted by Crippen LogP contribution is 2.37. The minimum atomic E-state index is 0.163. The Morgan fingerprint density at radius 1 is 1.21 bits per heavy atom. The van der Waals surface area contributed by atoms with Crippen molar-refractivity contribution in [2.24, 2.45) is 0 Å². The van der Waals surface area contributed by atoms with Crippen molar-refractivity contribution < 1.29 is 4.74 Å². The average Bonchev–Trinajstić information content (AvgIpc) is 2.18. The van der Waals surface area contributed by atoms with Crippen molar-refractivity contribution in [3.05, 3.63) is 0 Å². The Morgan fingerprint density at radius 3 is 2.71 bits per heavy atom. The van der Waals surface area contributed by atoms with Gasteiger partial charge in [0.15, 0.2) is 0 Å². The predicted molar refractivity (Wildman–Crippen MR) is 64.8 cm³/mol. The molecule has 84 valence electrons. The molecule has 1 atom stereocenters. The lowest BCUT2D eigenvalue weighted by Crippen LogP contribution is -2.30. The molecule has 1 saturated heterocycles. The summed E-state index contributed by atoms with van der Waals surface area (Å²) in [6.45, 7) is 3.24. The molecule has 0 aliphatic carbocycles. The summed E-state index contributed by atoms with van der Waals surface area (Å²) in [5.41, 5.74) is 0. The van der Waals surface area contributed by atoms with Crippen LogP contribution in [0.4, 0.5) is 0 Å². The first-order chi connectivity index (χ1) is 6.83. The summed E-state index contributed by atoms with van der Waals surface area (Å²) >= 11 is 1.93. The van der Waals surface area contributed by atoms with Crippen LogP contribution >= 0.6 is 11.8 Å². The molecule has 0 radical (unpaired) electrons. The second-order valence-electron chi connectivity index (χ2n) is 4.23. The molecular formula is C12H24OS. The van der Waals surface area contributed by atoms with Crippen LogP contribution in [-0.4, -0.2) is 17.8 Å². The van der Waals surface area contributed by atoms with Crippen molar-refractivity contribution in [1.29, 1.82) is 0 Å². The van der Waals surface area contributed by atoms with Crippen molar-refractivity contribution in [3.63, 3.8) is 0 Å². The first kappa shape index (κ1) is 12.4. The van der Waals surface area contributed by atoms with Gasteiger partial charge in [0.25, 0.3) is 0 Å². The van der Waals surface area contributed by atoms with Gasteiger partial charge in [-0.1, -0.05) is 26.2 Å². The van der Waals surface area contributed by atoms with Gasteiger partial charge in [-0.25, -0.2) is 0 Å². The molecule has 1 heterocycles. The summed E-state index contributed by atoms with van der Waals surface area (Å²) in [7, 11) is 0. The van der Waals surface area contributed by atoms with E-state index in [-0.39, 0.29) is 4.93 Å². The maximum Gasteiger partial charge on any atom is 0.113 e. The van der Waals surface area contributed by atoms with Crippen LogP contribution in [0.1, 0.15) is 58.3 Å². The van der Waals surface area contributed by atoms with Crippen LogP contribution in [0.25, 0.3) is 0 Å². The third-order valence-corrected chi connectivity index (χ3v) is 4.37. The van der Waals surface area contributed by atoms with Crippen LogP contribution in [0.3, 0.4) is 0 Å². The van der Waals surface area contributed by atoms with Crippen LogP contribution in [0, 0.1) is 0 Å². The Bertz CT molecular complexity index is 134. The zero-order chi connectivity index (χ0) is 10.3. The second-order valence-corrected chi connectivity index (χ2v) is 5.38. The zero-order valence-electron chi connectivity index (χ0n) is 9.68. The minimum Gasteiger partial charge on any atom is -0.364 e. The molecule has 1 nitrogen and oxygen atoms in total. The van der Waals surface area contributed by atoms with E-state index in [4.69, 9.17) is 4.74 Å². The van der Waals surface area contributed by atoms with Crippen LogP contribution < -0.4 is 0 Å². The fourth-order valence-corrected chi connectivity index (χ4v) is 2.98. The Labute approximate surface area is 93.0 Å². The van der Waals surface area contributed by atoms with Gasteiger partial charge >= 0.3 is 0 Å². The maximum atomic E-state index is 6.08. The standard InChI is InChI=1S/C12H24OS/c1-3-4-9-12(14-2)10-7-5-6-8-11-13-12/h3-11H2,1-2H3/t12-/m0/s1. The van der Waals surface area contributed by atoms with Gasteiger partial charge < -0.3 is 4.74 Å². The van der Waals surface area contributed by atoms with Crippen LogP contribution in [-0.2, 0) is 4.74 Å². The lowest BCUT2D eigenvalue weighted by atomic mass is 10.0. The van der Waals surface area contributed by atoms with E-state index in [1.54, 1.807) is 0 Å². The van der Waals surface area contributed by atoms with Gasteiger partial charge in [-0.2, -0.15) is 0 Å². The third-order valence-electron chi connectivity index (χ3n) is 3.10. The number of rotatable bonds is 4. The molecule has 1 rings (SSSR count). The summed E-state index contributed by atoms with van der Waals surface area (Å²) in [5.74, 6) is 0. The van der Waals surface area contributed by atoms with Crippen molar-refractivity contribution in [2.45, 2.75) is 63.2 Å². The average molecular weight is 216 g/mol. The van der Waals surface area contributed by atoms with Crippen molar-refractivity contribution in [3.8, 4) is 0 Å². The summed E-state index contributed by atoms with van der Waals surface area (Å²) in [6, 6.07) is 0. The highest BCUT2D eigenvalue weighted by molar-refractivity contribution is 7.99. The van der Waals surface area contributed by atoms with E-state index < -0.39 is 0 Å². The summed E-state index contributed by atoms with van der Waals surface area (Å²) in [5, 5.41) is 0. The van der Waals surface area contributed by atoms with Gasteiger partial charge in [0.2, 0.25) is 0 Å². The molecule has 0 aromatic rings. The monoisotopic (exact) mass is 216 g/mol. The summed E-state index contributed by atoms with van der Waals surface area (Å²) in [6.07, 6.45) is 12.7. The molecule has 2 heteroatoms. The topological polar surface area (TPSA) is 9.23 Å². The highest BCUT2D eigenvalue weighted by Gasteiger charge is 2.29. The molecule has 0 unspecified atom stereocenters. The van der Waals surface area contributed by atoms with Gasteiger partial charge in [0, 0.05) is 6.61 Å². The van der Waals surface area contributed by atoms with E-state index in [2.05, 4.69) is 13.2 Å². The largest absolute Gasteiger partial charge is 0.364 e. The van der Waals surface area contributed by atoms with Gasteiger partial charge in [-0.15, -0.1) is 11.8 Å². The molecule has 1 aliphatic rings. The summed E-state index contributed by atoms with van der Waals surface area (Å²) < 4.78 is 6.08. The van der Waals surface area contributed by atoms with Crippen LogP contribution in [0.15, 0.2) is 0 Å². The molecule has 0 aromatic heterocycles. The molecule has 0 aromatic carbocycles. The zero-order valence-corrected chi connectivity index (χ0v) is 10.5. The third kappa shape index (κ3) is 3.82. The van der Waals surface area contributed by atoms with E-state index in [1.807, 2.05) is 11.8 Å². The number of hydrogen-bond donors (Lipinski definition) is 0. The van der Waals surface area contributed by atoms with Crippen LogP contribution in [0.5, 0.6) is 0 Å². The lowest BCUT2D eigenvalue weighted by molar-refractivity contribution is 0.00201. The van der Waals surface area contributed by atoms with Crippen LogP contribution in [0.2, 0.25) is 0 Å². The maximum absolute atomic E-state index is 6.08. The number of hydrogen-bond acceptors (Lipinski definition) is 2.